The Morgan fingerprint density at radius 1 is 0.568 bits per heavy atom. The topological polar surface area (TPSA) is 355 Å². The minimum absolute atomic E-state index is 0.0406. The SMILES string of the molecule is C[C@@H]1O[C@@H](O[C@H]2[C@H](O)[C@@H](O[C@H]3O[C@H](C)[C@@H](O)[C@H](O)[C@@H]3O)[C@H](O[C@H]3CC[C@@]4(C)C(=CC[C@@H]5[C@H]6C[C@@H]7O[C@](O)([C@@H]8C[C@H](C)[C@H](O[C@@H]9O[C@H](CO)[C@@H](O)[C@H](O)[C@H]9O)O8)[C@@H](C)[C@@H]7[C@@]6(C)CC[C@@H]54)C3)O[C@@H]2CO)[C@H](O)[C@H](O)[C@H]1O. The van der Waals surface area contributed by atoms with E-state index in [1.165, 1.54) is 19.4 Å². The third-order valence-corrected chi connectivity index (χ3v) is 19.9. The molecular weight excluding hydrogens is 981 g/mol. The summed E-state index contributed by atoms with van der Waals surface area (Å²) in [7, 11) is 0. The molecule has 0 spiro atoms. The van der Waals surface area contributed by atoms with E-state index in [9.17, 15) is 66.4 Å². The van der Waals surface area contributed by atoms with Crippen LogP contribution in [0.4, 0.5) is 0 Å². The first-order valence-corrected chi connectivity index (χ1v) is 27.0. The zero-order valence-corrected chi connectivity index (χ0v) is 42.9. The molecular formula is C51H82O23. The Balaban J connectivity index is 0.813. The summed E-state index contributed by atoms with van der Waals surface area (Å²) in [6.45, 7) is 10.3. The van der Waals surface area contributed by atoms with Crippen LogP contribution in [0.1, 0.15) is 92.9 Å². The van der Waals surface area contributed by atoms with Crippen molar-refractivity contribution in [3.05, 3.63) is 11.6 Å². The van der Waals surface area contributed by atoms with Crippen LogP contribution < -0.4 is 0 Å². The first kappa shape index (κ1) is 56.1. The largest absolute Gasteiger partial charge is 0.394 e. The first-order valence-electron chi connectivity index (χ1n) is 27.0. The number of hydrogen-bond acceptors (Lipinski definition) is 23. The molecule has 0 unspecified atom stereocenters. The minimum Gasteiger partial charge on any atom is -0.394 e. The molecule has 10 aliphatic rings. The lowest BCUT2D eigenvalue weighted by Gasteiger charge is -2.58. The molecule has 74 heavy (non-hydrogen) atoms. The van der Waals surface area contributed by atoms with Gasteiger partial charge >= 0.3 is 0 Å². The highest BCUT2D eigenvalue weighted by Gasteiger charge is 2.70. The maximum Gasteiger partial charge on any atom is 0.195 e. The molecule has 4 aliphatic carbocycles. The summed E-state index contributed by atoms with van der Waals surface area (Å²) in [5.41, 5.74) is 0.931. The second-order valence-corrected chi connectivity index (χ2v) is 24.1. The van der Waals surface area contributed by atoms with Crippen LogP contribution in [0.25, 0.3) is 0 Å². The van der Waals surface area contributed by atoms with E-state index in [0.717, 1.165) is 32.1 Å². The molecule has 23 nitrogen and oxygen atoms in total. The summed E-state index contributed by atoms with van der Waals surface area (Å²) in [6, 6.07) is 0. The molecule has 6 saturated heterocycles. The van der Waals surface area contributed by atoms with Crippen molar-refractivity contribution in [2.75, 3.05) is 13.2 Å². The molecule has 9 fully saturated rings. The van der Waals surface area contributed by atoms with E-state index < -0.39 is 160 Å². The van der Waals surface area contributed by atoms with E-state index in [2.05, 4.69) is 19.9 Å². The van der Waals surface area contributed by atoms with E-state index in [-0.39, 0.29) is 34.7 Å². The van der Waals surface area contributed by atoms with Crippen molar-refractivity contribution in [1.29, 1.82) is 0 Å². The molecule has 3 saturated carbocycles. The quantitative estimate of drug-likeness (QED) is 0.0941. The van der Waals surface area contributed by atoms with Crippen molar-refractivity contribution in [3.63, 3.8) is 0 Å². The Kier molecular flexibility index (Phi) is 16.0. The number of aliphatic hydroxyl groups excluding tert-OH is 12. The molecule has 0 radical (unpaired) electrons. The molecule has 0 amide bonds. The summed E-state index contributed by atoms with van der Waals surface area (Å²) in [5, 5.41) is 140. The van der Waals surface area contributed by atoms with E-state index in [1.54, 1.807) is 0 Å². The van der Waals surface area contributed by atoms with Gasteiger partial charge in [0, 0.05) is 11.8 Å². The number of aliphatic hydroxyl groups is 13. The fraction of sp³-hybridized carbons (Fsp3) is 0.961. The van der Waals surface area contributed by atoms with Crippen molar-refractivity contribution >= 4 is 0 Å². The lowest BCUT2D eigenvalue weighted by molar-refractivity contribution is -0.388. The smallest absolute Gasteiger partial charge is 0.195 e. The summed E-state index contributed by atoms with van der Waals surface area (Å²) in [6.07, 6.45) is -23.7. The van der Waals surface area contributed by atoms with Gasteiger partial charge in [0.25, 0.3) is 0 Å². The van der Waals surface area contributed by atoms with Crippen LogP contribution in [-0.4, -0.2) is 233 Å². The van der Waals surface area contributed by atoms with Gasteiger partial charge in [0.1, 0.15) is 91.6 Å². The van der Waals surface area contributed by atoms with Crippen LogP contribution in [0.3, 0.4) is 0 Å². The van der Waals surface area contributed by atoms with E-state index in [4.69, 9.17) is 47.4 Å². The number of ether oxygens (including phenoxy) is 10. The zero-order chi connectivity index (χ0) is 53.2. The average Bonchev–Trinajstić information content (AvgIpc) is 4.00. The van der Waals surface area contributed by atoms with Gasteiger partial charge in [-0.2, -0.15) is 0 Å². The van der Waals surface area contributed by atoms with Crippen molar-refractivity contribution < 1.29 is 114 Å². The van der Waals surface area contributed by atoms with Crippen molar-refractivity contribution in [2.45, 2.75) is 246 Å². The summed E-state index contributed by atoms with van der Waals surface area (Å²) < 4.78 is 61.3. The molecule has 0 aromatic heterocycles. The van der Waals surface area contributed by atoms with Gasteiger partial charge in [0.05, 0.1) is 37.6 Å². The molecule has 33 atom stereocenters. The van der Waals surface area contributed by atoms with Crippen molar-refractivity contribution in [2.24, 2.45) is 46.3 Å². The standard InChI is InChI=1S/C51H82O23/c1-18-13-30(70-44(18)73-47-40(62)37(59)34(56)28(16-52)68-47)51(64)19(2)31-27(74-51)15-26-24-8-7-22-14-23(9-11-49(22,5)25(24)10-12-50(26,31)6)67-48-43(72-46-39(61)36(58)33(55)21(4)66-46)41(63)42(29(17-53)69-48)71-45-38(60)35(57)32(54)20(3)65-45/h7,18-21,23-48,52-64H,8-17H2,1-6H3/t18-,19-,20-,21+,23-,24-,25-,26+,27-,28+,29+,30-,31-,32-,33+,34+,35+,36-,37-,38+,39-,40+,41-,42+,43+,44-,45-,46+,47-,48+,49-,50-,51-/m0/s1. The Bertz CT molecular complexity index is 1990. The summed E-state index contributed by atoms with van der Waals surface area (Å²) in [4.78, 5) is 0. The molecule has 6 heterocycles. The monoisotopic (exact) mass is 1060 g/mol. The number of allylic oxidation sites excluding steroid dienone is 1. The second-order valence-electron chi connectivity index (χ2n) is 24.1. The third-order valence-electron chi connectivity index (χ3n) is 19.9. The molecule has 424 valence electrons. The maximum absolute atomic E-state index is 12.5. The highest BCUT2D eigenvalue weighted by molar-refractivity contribution is 5.27. The van der Waals surface area contributed by atoms with Crippen molar-refractivity contribution in [3.8, 4) is 0 Å². The van der Waals surface area contributed by atoms with Gasteiger partial charge in [-0.25, -0.2) is 0 Å². The fourth-order valence-corrected chi connectivity index (χ4v) is 15.5. The Morgan fingerprint density at radius 3 is 1.77 bits per heavy atom. The molecule has 10 rings (SSSR count). The zero-order valence-electron chi connectivity index (χ0n) is 42.9. The summed E-state index contributed by atoms with van der Waals surface area (Å²) in [5.74, 6) is -1.12. The van der Waals surface area contributed by atoms with Crippen LogP contribution in [0.2, 0.25) is 0 Å². The van der Waals surface area contributed by atoms with Gasteiger partial charge in [-0.05, 0) is 99.7 Å². The van der Waals surface area contributed by atoms with Crippen LogP contribution in [-0.2, 0) is 47.4 Å². The van der Waals surface area contributed by atoms with E-state index in [0.29, 0.717) is 37.0 Å². The van der Waals surface area contributed by atoms with Crippen LogP contribution in [0.15, 0.2) is 11.6 Å². The average molecular weight is 1060 g/mol. The Hall–Kier alpha value is -1.18. The van der Waals surface area contributed by atoms with Crippen LogP contribution in [0, 0.1) is 46.3 Å². The second kappa shape index (κ2) is 21.0. The molecule has 13 N–H and O–H groups in total. The molecule has 0 aromatic rings. The molecule has 6 aliphatic heterocycles. The third kappa shape index (κ3) is 9.29. The normalized spacial score (nSPS) is 58.6. The fourth-order valence-electron chi connectivity index (χ4n) is 15.5. The highest BCUT2D eigenvalue weighted by Crippen LogP contribution is 2.70. The van der Waals surface area contributed by atoms with Gasteiger partial charge in [0.2, 0.25) is 0 Å². The van der Waals surface area contributed by atoms with E-state index >= 15 is 0 Å². The number of rotatable bonds is 11. The van der Waals surface area contributed by atoms with Gasteiger partial charge < -0.3 is 114 Å². The Labute approximate surface area is 430 Å². The minimum atomic E-state index is -1.76. The molecule has 0 aromatic carbocycles. The lowest BCUT2D eigenvalue weighted by atomic mass is 9.47. The highest BCUT2D eigenvalue weighted by atomic mass is 16.8. The van der Waals surface area contributed by atoms with Gasteiger partial charge in [-0.1, -0.05) is 39.3 Å². The van der Waals surface area contributed by atoms with Gasteiger partial charge in [-0.3, -0.25) is 0 Å². The predicted octanol–water partition coefficient (Wildman–Crippen LogP) is -2.64. The summed E-state index contributed by atoms with van der Waals surface area (Å²) >= 11 is 0. The van der Waals surface area contributed by atoms with Gasteiger partial charge in [-0.15, -0.1) is 0 Å². The Morgan fingerprint density at radius 2 is 1.15 bits per heavy atom. The maximum atomic E-state index is 12.5. The van der Waals surface area contributed by atoms with E-state index in [1.807, 2.05) is 13.8 Å². The predicted molar refractivity (Wildman–Crippen MR) is 248 cm³/mol. The van der Waals surface area contributed by atoms with Gasteiger partial charge in [0.15, 0.2) is 37.2 Å². The number of fused-ring (bicyclic) bond motifs is 7. The van der Waals surface area contributed by atoms with Crippen LogP contribution >= 0.6 is 0 Å². The van der Waals surface area contributed by atoms with Crippen molar-refractivity contribution in [1.82, 2.24) is 0 Å². The molecule has 0 bridgehead atoms. The number of hydrogen-bond donors (Lipinski definition) is 13. The lowest BCUT2D eigenvalue weighted by Crippen LogP contribution is -2.66. The van der Waals surface area contributed by atoms with Crippen LogP contribution in [0.5, 0.6) is 0 Å². The first-order chi connectivity index (χ1) is 34.9. The molecule has 23 heteroatoms.